The van der Waals surface area contributed by atoms with E-state index in [9.17, 15) is 9.59 Å². The summed E-state index contributed by atoms with van der Waals surface area (Å²) >= 11 is 0. The zero-order valence-corrected chi connectivity index (χ0v) is 16.3. The molecule has 0 saturated carbocycles. The van der Waals surface area contributed by atoms with E-state index >= 15 is 0 Å². The normalized spacial score (nSPS) is 21.9. The van der Waals surface area contributed by atoms with Crippen LogP contribution in [0, 0.1) is 0 Å². The summed E-state index contributed by atoms with van der Waals surface area (Å²) < 4.78 is 5.23. The van der Waals surface area contributed by atoms with Gasteiger partial charge in [-0.2, -0.15) is 0 Å². The topological polar surface area (TPSA) is 55.4 Å². The molecule has 4 nitrogen and oxygen atoms in total. The fraction of sp³-hybridized carbons (Fsp3) is 0.333. The molecule has 4 rings (SSSR count). The number of hydrogen-bond acceptors (Lipinski definition) is 3. The number of carbonyl (C=O) groups is 2. The summed E-state index contributed by atoms with van der Waals surface area (Å²) in [6, 6.07) is 16.2. The maximum Gasteiger partial charge on any atom is 0.225 e. The minimum atomic E-state index is -0.175. The van der Waals surface area contributed by atoms with E-state index in [4.69, 9.17) is 4.74 Å². The third-order valence-corrected chi connectivity index (χ3v) is 5.91. The number of allylic oxidation sites excluding steroid dienone is 2. The Balaban J connectivity index is 1.65. The van der Waals surface area contributed by atoms with Gasteiger partial charge in [-0.25, -0.2) is 0 Å². The Morgan fingerprint density at radius 3 is 2.25 bits per heavy atom. The van der Waals surface area contributed by atoms with E-state index in [2.05, 4.69) is 36.5 Å². The predicted molar refractivity (Wildman–Crippen MR) is 108 cm³/mol. The number of hydrogen-bond donors (Lipinski definition) is 1. The fourth-order valence-corrected chi connectivity index (χ4v) is 4.34. The van der Waals surface area contributed by atoms with Gasteiger partial charge in [0.25, 0.3) is 0 Å². The van der Waals surface area contributed by atoms with Crippen LogP contribution in [0.15, 0.2) is 59.8 Å². The van der Waals surface area contributed by atoms with Gasteiger partial charge in [-0.3, -0.25) is 9.59 Å². The standard InChI is InChI=1S/C24H25NO3/c1-3-15-4-6-16(7-5-15)18-12-21-24(22(26)13-18)20(14-23(27)25-21)17-8-10-19(28-2)11-9-17/h4-11,18,20H,3,12-14H2,1-2H3,(H,25,27). The molecule has 4 heteroatoms. The maximum atomic E-state index is 13.1. The third kappa shape index (κ3) is 3.47. The van der Waals surface area contributed by atoms with Crippen molar-refractivity contribution >= 4 is 11.7 Å². The smallest absolute Gasteiger partial charge is 0.225 e. The molecule has 0 fully saturated rings. The van der Waals surface area contributed by atoms with E-state index in [-0.39, 0.29) is 23.5 Å². The number of nitrogens with one attached hydrogen (secondary N) is 1. The van der Waals surface area contributed by atoms with Crippen LogP contribution in [0.1, 0.15) is 54.7 Å². The number of ketones is 1. The van der Waals surface area contributed by atoms with E-state index < -0.39 is 0 Å². The molecule has 1 N–H and O–H groups in total. The lowest BCUT2D eigenvalue weighted by Crippen LogP contribution is -2.38. The van der Waals surface area contributed by atoms with E-state index in [1.807, 2.05) is 24.3 Å². The van der Waals surface area contributed by atoms with Crippen molar-refractivity contribution in [2.75, 3.05) is 7.11 Å². The van der Waals surface area contributed by atoms with Gasteiger partial charge in [-0.1, -0.05) is 43.3 Å². The quantitative estimate of drug-likeness (QED) is 0.869. The van der Waals surface area contributed by atoms with Crippen molar-refractivity contribution in [2.45, 2.75) is 44.4 Å². The van der Waals surface area contributed by atoms with Gasteiger partial charge in [0.05, 0.1) is 7.11 Å². The van der Waals surface area contributed by atoms with E-state index in [1.165, 1.54) is 5.56 Å². The molecule has 1 aliphatic heterocycles. The van der Waals surface area contributed by atoms with Gasteiger partial charge in [-0.15, -0.1) is 0 Å². The lowest BCUT2D eigenvalue weighted by Gasteiger charge is -2.34. The molecule has 2 aromatic carbocycles. The monoisotopic (exact) mass is 375 g/mol. The molecule has 2 unspecified atom stereocenters. The van der Waals surface area contributed by atoms with Gasteiger partial charge in [0.1, 0.15) is 5.75 Å². The van der Waals surface area contributed by atoms with Crippen molar-refractivity contribution in [3.63, 3.8) is 0 Å². The molecule has 2 atom stereocenters. The number of rotatable bonds is 4. The van der Waals surface area contributed by atoms with Crippen LogP contribution in [-0.2, 0) is 16.0 Å². The number of benzene rings is 2. The first kappa shape index (κ1) is 18.5. The minimum absolute atomic E-state index is 0.0191. The summed E-state index contributed by atoms with van der Waals surface area (Å²) in [5.74, 6) is 0.836. The van der Waals surface area contributed by atoms with Crippen molar-refractivity contribution in [2.24, 2.45) is 0 Å². The largest absolute Gasteiger partial charge is 0.497 e. The molecular formula is C24H25NO3. The summed E-state index contributed by atoms with van der Waals surface area (Å²) in [5.41, 5.74) is 5.03. The average molecular weight is 375 g/mol. The summed E-state index contributed by atoms with van der Waals surface area (Å²) in [6.07, 6.45) is 2.50. The predicted octanol–water partition coefficient (Wildman–Crippen LogP) is 4.26. The van der Waals surface area contributed by atoms with E-state index in [0.717, 1.165) is 34.6 Å². The zero-order valence-electron chi connectivity index (χ0n) is 16.3. The Hall–Kier alpha value is -2.88. The number of amides is 1. The molecule has 0 spiro atoms. The number of aryl methyl sites for hydroxylation is 1. The average Bonchev–Trinajstić information content (AvgIpc) is 2.73. The molecule has 0 bridgehead atoms. The molecule has 2 aromatic rings. The van der Waals surface area contributed by atoms with Crippen LogP contribution in [0.3, 0.4) is 0 Å². The number of methoxy groups -OCH3 is 1. The van der Waals surface area contributed by atoms with Crippen LogP contribution in [0.4, 0.5) is 0 Å². The second-order valence-electron chi connectivity index (χ2n) is 7.59. The molecule has 0 radical (unpaired) electrons. The van der Waals surface area contributed by atoms with Gasteiger partial charge >= 0.3 is 0 Å². The third-order valence-electron chi connectivity index (χ3n) is 5.91. The summed E-state index contributed by atoms with van der Waals surface area (Å²) in [7, 11) is 1.63. The SMILES string of the molecule is CCc1ccc(C2CC(=O)C3=C(C2)NC(=O)CC3c2ccc(OC)cc2)cc1. The Labute approximate surface area is 165 Å². The number of ether oxygens (including phenoxy) is 1. The van der Waals surface area contributed by atoms with Gasteiger partial charge < -0.3 is 10.1 Å². The molecule has 0 saturated heterocycles. The Morgan fingerprint density at radius 1 is 0.929 bits per heavy atom. The number of carbonyl (C=O) groups excluding carboxylic acids is 2. The summed E-state index contributed by atoms with van der Waals surface area (Å²) in [5, 5.41) is 2.99. The molecule has 0 aromatic heterocycles. The lowest BCUT2D eigenvalue weighted by atomic mass is 9.73. The van der Waals surface area contributed by atoms with Crippen molar-refractivity contribution in [1.29, 1.82) is 0 Å². The summed E-state index contributed by atoms with van der Waals surface area (Å²) in [6.45, 7) is 2.13. The van der Waals surface area contributed by atoms with Gasteiger partial charge in [0, 0.05) is 30.0 Å². The fourth-order valence-electron chi connectivity index (χ4n) is 4.34. The molecule has 2 aliphatic rings. The van der Waals surface area contributed by atoms with Gasteiger partial charge in [0.15, 0.2) is 5.78 Å². The van der Waals surface area contributed by atoms with E-state index in [1.54, 1.807) is 7.11 Å². The first-order valence-electron chi connectivity index (χ1n) is 9.88. The van der Waals surface area contributed by atoms with Crippen molar-refractivity contribution in [1.82, 2.24) is 5.32 Å². The maximum absolute atomic E-state index is 13.1. The van der Waals surface area contributed by atoms with Crippen molar-refractivity contribution < 1.29 is 14.3 Å². The van der Waals surface area contributed by atoms with Crippen LogP contribution in [0.5, 0.6) is 5.75 Å². The van der Waals surface area contributed by atoms with Crippen LogP contribution < -0.4 is 10.1 Å². The highest BCUT2D eigenvalue weighted by Gasteiger charge is 2.38. The highest BCUT2D eigenvalue weighted by atomic mass is 16.5. The molecule has 1 aliphatic carbocycles. The highest BCUT2D eigenvalue weighted by molar-refractivity contribution is 6.02. The van der Waals surface area contributed by atoms with Crippen LogP contribution in [0.25, 0.3) is 0 Å². The first-order valence-corrected chi connectivity index (χ1v) is 9.88. The van der Waals surface area contributed by atoms with Crippen LogP contribution in [0.2, 0.25) is 0 Å². The molecule has 1 heterocycles. The lowest BCUT2D eigenvalue weighted by molar-refractivity contribution is -0.122. The second-order valence-corrected chi connectivity index (χ2v) is 7.59. The van der Waals surface area contributed by atoms with Crippen molar-refractivity contribution in [3.8, 4) is 5.75 Å². The van der Waals surface area contributed by atoms with Crippen LogP contribution in [-0.4, -0.2) is 18.8 Å². The molecular weight excluding hydrogens is 350 g/mol. The molecule has 144 valence electrons. The minimum Gasteiger partial charge on any atom is -0.497 e. The summed E-state index contributed by atoms with van der Waals surface area (Å²) in [4.78, 5) is 25.5. The van der Waals surface area contributed by atoms with Crippen LogP contribution >= 0.6 is 0 Å². The van der Waals surface area contributed by atoms with Crippen molar-refractivity contribution in [3.05, 3.63) is 76.5 Å². The van der Waals surface area contributed by atoms with Gasteiger partial charge in [-0.05, 0) is 47.6 Å². The Morgan fingerprint density at radius 2 is 1.61 bits per heavy atom. The highest BCUT2D eigenvalue weighted by Crippen LogP contribution is 2.42. The number of Topliss-reactive ketones (excluding diaryl/α,β-unsaturated/α-hetero) is 1. The second kappa shape index (κ2) is 7.63. The van der Waals surface area contributed by atoms with E-state index in [0.29, 0.717) is 19.3 Å². The molecule has 1 amide bonds. The molecule has 28 heavy (non-hydrogen) atoms. The Kier molecular flexibility index (Phi) is 5.03. The first-order chi connectivity index (χ1) is 13.6. The zero-order chi connectivity index (χ0) is 19.7. The Bertz CT molecular complexity index is 925. The van der Waals surface area contributed by atoms with Gasteiger partial charge in [0.2, 0.25) is 5.91 Å².